The molecule has 0 unspecified atom stereocenters. The molecule has 0 atom stereocenters. The first-order valence-electron chi connectivity index (χ1n) is 8.38. The molecule has 1 aliphatic heterocycles. The molecule has 1 saturated heterocycles. The predicted octanol–water partition coefficient (Wildman–Crippen LogP) is 1.68. The first-order chi connectivity index (χ1) is 11.9. The second kappa shape index (κ2) is 8.94. The van der Waals surface area contributed by atoms with Crippen molar-refractivity contribution < 1.29 is 22.7 Å². The minimum Gasteiger partial charge on any atom is -0.497 e. The fourth-order valence-corrected chi connectivity index (χ4v) is 4.09. The molecule has 1 fully saturated rings. The van der Waals surface area contributed by atoms with Crippen LogP contribution in [0.4, 0.5) is 4.79 Å². The van der Waals surface area contributed by atoms with Gasteiger partial charge >= 0.3 is 6.03 Å². The van der Waals surface area contributed by atoms with Crippen LogP contribution in [0.3, 0.4) is 0 Å². The van der Waals surface area contributed by atoms with Crippen molar-refractivity contribution in [3.8, 4) is 11.5 Å². The first kappa shape index (κ1) is 19.4. The lowest BCUT2D eigenvalue weighted by Crippen LogP contribution is -2.46. The minimum absolute atomic E-state index is 0.0634. The lowest BCUT2D eigenvalue weighted by Gasteiger charge is -2.26. The van der Waals surface area contributed by atoms with Crippen molar-refractivity contribution in [2.24, 2.45) is 0 Å². The highest BCUT2D eigenvalue weighted by molar-refractivity contribution is 7.91. The number of methoxy groups -OCH3 is 1. The molecular weight excluding hydrogens is 344 g/mol. The van der Waals surface area contributed by atoms with Crippen LogP contribution in [-0.2, 0) is 9.84 Å². The normalized spacial score (nSPS) is 16.9. The molecule has 0 aromatic heterocycles. The third kappa shape index (κ3) is 6.45. The fourth-order valence-electron chi connectivity index (χ4n) is 2.60. The summed E-state index contributed by atoms with van der Waals surface area (Å²) in [4.78, 5) is 13.7. The SMILES string of the molecule is COc1cccc(OCCCN(C)C(=O)NC2CCS(=O)(=O)CC2)c1. The molecule has 2 rings (SSSR count). The van der Waals surface area contributed by atoms with Gasteiger partial charge in [-0.25, -0.2) is 13.2 Å². The van der Waals surface area contributed by atoms with Crippen LogP contribution in [0.25, 0.3) is 0 Å². The highest BCUT2D eigenvalue weighted by atomic mass is 32.2. The Morgan fingerprint density at radius 1 is 1.28 bits per heavy atom. The second-order valence-corrected chi connectivity index (χ2v) is 8.48. The molecule has 1 N–H and O–H groups in total. The number of nitrogens with one attached hydrogen (secondary N) is 1. The third-order valence-electron chi connectivity index (χ3n) is 4.18. The Balaban J connectivity index is 1.65. The van der Waals surface area contributed by atoms with E-state index < -0.39 is 9.84 Å². The van der Waals surface area contributed by atoms with E-state index in [0.29, 0.717) is 32.4 Å². The topological polar surface area (TPSA) is 84.9 Å². The van der Waals surface area contributed by atoms with Crippen LogP contribution in [0.2, 0.25) is 0 Å². The maximum absolute atomic E-state index is 12.1. The van der Waals surface area contributed by atoms with Gasteiger partial charge in [-0.15, -0.1) is 0 Å². The van der Waals surface area contributed by atoms with Gasteiger partial charge in [-0.05, 0) is 31.4 Å². The highest BCUT2D eigenvalue weighted by Crippen LogP contribution is 2.18. The number of benzene rings is 1. The zero-order chi connectivity index (χ0) is 18.3. The summed E-state index contributed by atoms with van der Waals surface area (Å²) in [7, 11) is 0.417. The monoisotopic (exact) mass is 370 g/mol. The van der Waals surface area contributed by atoms with Crippen molar-refractivity contribution in [1.29, 1.82) is 0 Å². The Morgan fingerprint density at radius 3 is 2.64 bits per heavy atom. The first-order valence-corrected chi connectivity index (χ1v) is 10.2. The smallest absolute Gasteiger partial charge is 0.317 e. The summed E-state index contributed by atoms with van der Waals surface area (Å²) in [6.45, 7) is 1.05. The lowest BCUT2D eigenvalue weighted by atomic mass is 10.1. The number of sulfone groups is 1. The van der Waals surface area contributed by atoms with E-state index in [0.717, 1.165) is 11.5 Å². The number of hydrogen-bond acceptors (Lipinski definition) is 5. The van der Waals surface area contributed by atoms with E-state index in [1.54, 1.807) is 19.1 Å². The summed E-state index contributed by atoms with van der Waals surface area (Å²) in [6, 6.07) is 7.14. The number of urea groups is 1. The summed E-state index contributed by atoms with van der Waals surface area (Å²) < 4.78 is 33.6. The summed E-state index contributed by atoms with van der Waals surface area (Å²) in [6.07, 6.45) is 1.67. The Hall–Kier alpha value is -1.96. The molecule has 25 heavy (non-hydrogen) atoms. The molecule has 1 aromatic rings. The number of ether oxygens (including phenoxy) is 2. The summed E-state index contributed by atoms with van der Waals surface area (Å²) in [5.41, 5.74) is 0. The van der Waals surface area contributed by atoms with Crippen LogP contribution in [0.1, 0.15) is 19.3 Å². The number of hydrogen-bond donors (Lipinski definition) is 1. The summed E-state index contributed by atoms with van der Waals surface area (Å²) >= 11 is 0. The molecular formula is C17H26N2O5S. The van der Waals surface area contributed by atoms with Gasteiger partial charge in [0.05, 0.1) is 25.2 Å². The van der Waals surface area contributed by atoms with E-state index in [1.807, 2.05) is 24.3 Å². The van der Waals surface area contributed by atoms with Crippen molar-refractivity contribution in [2.45, 2.75) is 25.3 Å². The van der Waals surface area contributed by atoms with Gasteiger partial charge in [0.25, 0.3) is 0 Å². The maximum atomic E-state index is 12.1. The van der Waals surface area contributed by atoms with E-state index in [-0.39, 0.29) is 23.6 Å². The lowest BCUT2D eigenvalue weighted by molar-refractivity contribution is 0.198. The van der Waals surface area contributed by atoms with Gasteiger partial charge in [-0.2, -0.15) is 0 Å². The minimum atomic E-state index is -2.91. The zero-order valence-electron chi connectivity index (χ0n) is 14.7. The van der Waals surface area contributed by atoms with Crippen LogP contribution < -0.4 is 14.8 Å². The number of amides is 2. The molecule has 140 valence electrons. The van der Waals surface area contributed by atoms with E-state index in [1.165, 1.54) is 0 Å². The van der Waals surface area contributed by atoms with Crippen molar-refractivity contribution >= 4 is 15.9 Å². The molecule has 8 heteroatoms. The quantitative estimate of drug-likeness (QED) is 0.738. The largest absolute Gasteiger partial charge is 0.497 e. The second-order valence-electron chi connectivity index (χ2n) is 6.18. The zero-order valence-corrected chi connectivity index (χ0v) is 15.5. The third-order valence-corrected chi connectivity index (χ3v) is 5.89. The standard InChI is InChI=1S/C17H26N2O5S/c1-19(17(20)18-14-7-11-25(21,22)12-8-14)9-4-10-24-16-6-3-5-15(13-16)23-2/h3,5-6,13-14H,4,7-12H2,1-2H3,(H,18,20). The van der Waals surface area contributed by atoms with Gasteiger partial charge in [0, 0.05) is 25.7 Å². The molecule has 0 aliphatic carbocycles. The van der Waals surface area contributed by atoms with Crippen LogP contribution in [-0.4, -0.2) is 64.2 Å². The van der Waals surface area contributed by atoms with Gasteiger partial charge in [-0.1, -0.05) is 6.07 Å². The van der Waals surface area contributed by atoms with Gasteiger partial charge in [0.1, 0.15) is 21.3 Å². The molecule has 1 heterocycles. The Kier molecular flexibility index (Phi) is 6.92. The van der Waals surface area contributed by atoms with Crippen LogP contribution in [0.5, 0.6) is 11.5 Å². The number of nitrogens with zero attached hydrogens (tertiary/aromatic N) is 1. The number of carbonyl (C=O) groups excluding carboxylic acids is 1. The molecule has 0 radical (unpaired) electrons. The van der Waals surface area contributed by atoms with E-state index >= 15 is 0 Å². The van der Waals surface area contributed by atoms with Crippen molar-refractivity contribution in [3.05, 3.63) is 24.3 Å². The molecule has 7 nitrogen and oxygen atoms in total. The van der Waals surface area contributed by atoms with Crippen molar-refractivity contribution in [2.75, 3.05) is 38.8 Å². The molecule has 0 spiro atoms. The van der Waals surface area contributed by atoms with E-state index in [4.69, 9.17) is 9.47 Å². The number of rotatable bonds is 7. The molecule has 0 saturated carbocycles. The molecule has 1 aromatic carbocycles. The Bertz CT molecular complexity index is 663. The van der Waals surface area contributed by atoms with Gasteiger partial charge < -0.3 is 19.7 Å². The highest BCUT2D eigenvalue weighted by Gasteiger charge is 2.25. The average molecular weight is 370 g/mol. The maximum Gasteiger partial charge on any atom is 0.317 e. The van der Waals surface area contributed by atoms with Crippen LogP contribution in [0, 0.1) is 0 Å². The summed E-state index contributed by atoms with van der Waals surface area (Å²) in [5.74, 6) is 1.77. The van der Waals surface area contributed by atoms with Gasteiger partial charge in [-0.3, -0.25) is 0 Å². The average Bonchev–Trinajstić information content (AvgIpc) is 2.60. The van der Waals surface area contributed by atoms with Gasteiger partial charge in [0.15, 0.2) is 0 Å². The van der Waals surface area contributed by atoms with Crippen LogP contribution in [0.15, 0.2) is 24.3 Å². The summed E-state index contributed by atoms with van der Waals surface area (Å²) in [5, 5.41) is 2.90. The number of carbonyl (C=O) groups is 1. The molecule has 0 bridgehead atoms. The van der Waals surface area contributed by atoms with Crippen molar-refractivity contribution in [3.63, 3.8) is 0 Å². The Morgan fingerprint density at radius 2 is 1.96 bits per heavy atom. The Labute approximate surface area is 149 Å². The van der Waals surface area contributed by atoms with Crippen molar-refractivity contribution in [1.82, 2.24) is 10.2 Å². The molecule has 2 amide bonds. The van der Waals surface area contributed by atoms with E-state index in [2.05, 4.69) is 5.32 Å². The predicted molar refractivity (Wildman–Crippen MR) is 95.9 cm³/mol. The molecule has 1 aliphatic rings. The van der Waals surface area contributed by atoms with Gasteiger partial charge in [0.2, 0.25) is 0 Å². The van der Waals surface area contributed by atoms with Crippen LogP contribution >= 0.6 is 0 Å². The fraction of sp³-hybridized carbons (Fsp3) is 0.588. The van der Waals surface area contributed by atoms with E-state index in [9.17, 15) is 13.2 Å².